The van der Waals surface area contributed by atoms with E-state index in [1.807, 2.05) is 24.3 Å². The van der Waals surface area contributed by atoms with Crippen LogP contribution in [0.3, 0.4) is 0 Å². The molecule has 0 spiro atoms. The van der Waals surface area contributed by atoms with Crippen LogP contribution in [0.4, 0.5) is 18.9 Å². The Morgan fingerprint density at radius 3 is 2.50 bits per heavy atom. The van der Waals surface area contributed by atoms with Crippen molar-refractivity contribution in [2.24, 2.45) is 5.73 Å². The molecule has 0 aliphatic heterocycles. The SMILES string of the molecule is NC(Cc1ccc(C(F)(F)F)cc1)C(=O)Nc1cnc2ccccc2c1. The zero-order valence-electron chi connectivity index (χ0n) is 13.6. The molecule has 0 saturated carbocycles. The summed E-state index contributed by atoms with van der Waals surface area (Å²) in [6.45, 7) is 0. The van der Waals surface area contributed by atoms with E-state index in [1.165, 1.54) is 18.3 Å². The highest BCUT2D eigenvalue weighted by Gasteiger charge is 2.30. The van der Waals surface area contributed by atoms with Crippen LogP contribution in [0.2, 0.25) is 0 Å². The lowest BCUT2D eigenvalue weighted by Crippen LogP contribution is -2.37. The summed E-state index contributed by atoms with van der Waals surface area (Å²) in [6.07, 6.45) is -2.73. The molecule has 0 fully saturated rings. The molecule has 1 aromatic heterocycles. The number of carbonyl (C=O) groups excluding carboxylic acids is 1. The number of benzene rings is 2. The summed E-state index contributed by atoms with van der Waals surface area (Å²) in [5, 5.41) is 3.56. The molecule has 0 aliphatic rings. The molecule has 1 heterocycles. The van der Waals surface area contributed by atoms with E-state index in [-0.39, 0.29) is 6.42 Å². The van der Waals surface area contributed by atoms with Crippen molar-refractivity contribution in [3.05, 3.63) is 71.9 Å². The Labute approximate surface area is 147 Å². The summed E-state index contributed by atoms with van der Waals surface area (Å²) in [4.78, 5) is 16.5. The van der Waals surface area contributed by atoms with Gasteiger partial charge >= 0.3 is 6.18 Å². The van der Waals surface area contributed by atoms with Gasteiger partial charge in [-0.1, -0.05) is 30.3 Å². The highest BCUT2D eigenvalue weighted by molar-refractivity contribution is 5.96. The van der Waals surface area contributed by atoms with Crippen LogP contribution in [-0.2, 0) is 17.4 Å². The number of carbonyl (C=O) groups is 1. The first kappa shape index (κ1) is 17.9. The smallest absolute Gasteiger partial charge is 0.323 e. The highest BCUT2D eigenvalue weighted by Crippen LogP contribution is 2.29. The van der Waals surface area contributed by atoms with Gasteiger partial charge in [0.1, 0.15) is 0 Å². The number of aromatic nitrogens is 1. The molecule has 4 nitrogen and oxygen atoms in total. The van der Waals surface area contributed by atoms with Crippen LogP contribution in [0.1, 0.15) is 11.1 Å². The van der Waals surface area contributed by atoms with Crippen LogP contribution >= 0.6 is 0 Å². The lowest BCUT2D eigenvalue weighted by Gasteiger charge is -2.13. The van der Waals surface area contributed by atoms with Gasteiger partial charge in [0.2, 0.25) is 5.91 Å². The highest BCUT2D eigenvalue weighted by atomic mass is 19.4. The van der Waals surface area contributed by atoms with Gasteiger partial charge in [-0.2, -0.15) is 13.2 Å². The number of nitrogens with two attached hydrogens (primary N) is 1. The monoisotopic (exact) mass is 359 g/mol. The number of alkyl halides is 3. The van der Waals surface area contributed by atoms with Crippen molar-refractivity contribution in [3.63, 3.8) is 0 Å². The fraction of sp³-hybridized carbons (Fsp3) is 0.158. The second-order valence-electron chi connectivity index (χ2n) is 5.91. The average molecular weight is 359 g/mol. The van der Waals surface area contributed by atoms with Crippen LogP contribution in [-0.4, -0.2) is 16.9 Å². The number of hydrogen-bond acceptors (Lipinski definition) is 3. The molecular formula is C19H16F3N3O. The summed E-state index contributed by atoms with van der Waals surface area (Å²) in [7, 11) is 0. The average Bonchev–Trinajstić information content (AvgIpc) is 2.61. The van der Waals surface area contributed by atoms with Crippen molar-refractivity contribution < 1.29 is 18.0 Å². The van der Waals surface area contributed by atoms with E-state index >= 15 is 0 Å². The van der Waals surface area contributed by atoms with E-state index in [0.29, 0.717) is 11.3 Å². The van der Waals surface area contributed by atoms with Crippen molar-refractivity contribution >= 4 is 22.5 Å². The first-order valence-electron chi connectivity index (χ1n) is 7.90. The van der Waals surface area contributed by atoms with Crippen molar-refractivity contribution in [1.29, 1.82) is 0 Å². The Morgan fingerprint density at radius 1 is 1.12 bits per heavy atom. The first-order chi connectivity index (χ1) is 12.3. The number of halogens is 3. The number of anilines is 1. The predicted molar refractivity (Wildman–Crippen MR) is 93.5 cm³/mol. The lowest BCUT2D eigenvalue weighted by molar-refractivity contribution is -0.137. The fourth-order valence-corrected chi connectivity index (χ4v) is 2.55. The number of nitrogens with one attached hydrogen (secondary N) is 1. The van der Waals surface area contributed by atoms with Gasteiger partial charge in [0.25, 0.3) is 0 Å². The zero-order chi connectivity index (χ0) is 18.7. The number of nitrogens with zero attached hydrogens (tertiary/aromatic N) is 1. The van der Waals surface area contributed by atoms with E-state index in [9.17, 15) is 18.0 Å². The Balaban J connectivity index is 1.65. The Morgan fingerprint density at radius 2 is 1.81 bits per heavy atom. The predicted octanol–water partition coefficient (Wildman–Crippen LogP) is 3.76. The molecule has 0 bridgehead atoms. The minimum atomic E-state index is -4.39. The number of para-hydroxylation sites is 1. The van der Waals surface area contributed by atoms with Gasteiger partial charge in [-0.3, -0.25) is 9.78 Å². The van der Waals surface area contributed by atoms with Gasteiger partial charge in [-0.15, -0.1) is 0 Å². The number of fused-ring (bicyclic) bond motifs is 1. The number of pyridine rings is 1. The maximum absolute atomic E-state index is 12.6. The molecule has 0 aliphatic carbocycles. The zero-order valence-corrected chi connectivity index (χ0v) is 13.6. The summed E-state index contributed by atoms with van der Waals surface area (Å²) >= 11 is 0. The van der Waals surface area contributed by atoms with Gasteiger partial charge in [0.05, 0.1) is 29.0 Å². The summed E-state index contributed by atoms with van der Waals surface area (Å²) in [6, 6.07) is 13.0. The minimum Gasteiger partial charge on any atom is -0.323 e. The maximum Gasteiger partial charge on any atom is 0.416 e. The summed E-state index contributed by atoms with van der Waals surface area (Å²) in [5.74, 6) is -0.429. The quantitative estimate of drug-likeness (QED) is 0.745. The van der Waals surface area contributed by atoms with Crippen molar-refractivity contribution in [2.45, 2.75) is 18.6 Å². The van der Waals surface area contributed by atoms with Crippen LogP contribution in [0, 0.1) is 0 Å². The van der Waals surface area contributed by atoms with E-state index in [4.69, 9.17) is 5.73 Å². The first-order valence-corrected chi connectivity index (χ1v) is 7.90. The van der Waals surface area contributed by atoms with E-state index in [1.54, 1.807) is 6.07 Å². The molecular weight excluding hydrogens is 343 g/mol. The van der Waals surface area contributed by atoms with Gasteiger partial charge in [-0.05, 0) is 36.2 Å². The standard InChI is InChI=1S/C19H16F3N3O/c20-19(21,22)14-7-5-12(6-8-14)9-16(23)18(26)25-15-10-13-3-1-2-4-17(13)24-11-15/h1-8,10-11,16H,9,23H2,(H,25,26). The second kappa shape index (κ2) is 7.13. The molecule has 0 saturated heterocycles. The van der Waals surface area contributed by atoms with Gasteiger partial charge in [-0.25, -0.2) is 0 Å². The Hall–Kier alpha value is -2.93. The van der Waals surface area contributed by atoms with E-state index < -0.39 is 23.7 Å². The number of hydrogen-bond donors (Lipinski definition) is 2. The van der Waals surface area contributed by atoms with E-state index in [2.05, 4.69) is 10.3 Å². The van der Waals surface area contributed by atoms with Crippen LogP contribution in [0.5, 0.6) is 0 Å². The minimum absolute atomic E-state index is 0.130. The fourth-order valence-electron chi connectivity index (χ4n) is 2.55. The molecule has 3 rings (SSSR count). The molecule has 1 atom stereocenters. The lowest BCUT2D eigenvalue weighted by atomic mass is 10.0. The molecule has 134 valence electrons. The third kappa shape index (κ3) is 4.18. The number of amides is 1. The van der Waals surface area contributed by atoms with Gasteiger partial charge < -0.3 is 11.1 Å². The molecule has 7 heteroatoms. The summed E-state index contributed by atoms with van der Waals surface area (Å²) < 4.78 is 37.7. The largest absolute Gasteiger partial charge is 0.416 e. The van der Waals surface area contributed by atoms with Gasteiger partial charge in [0.15, 0.2) is 0 Å². The van der Waals surface area contributed by atoms with Crippen LogP contribution < -0.4 is 11.1 Å². The normalized spacial score (nSPS) is 12.8. The Bertz CT molecular complexity index is 923. The third-order valence-electron chi connectivity index (χ3n) is 3.93. The van der Waals surface area contributed by atoms with Crippen molar-refractivity contribution in [3.8, 4) is 0 Å². The van der Waals surface area contributed by atoms with Crippen LogP contribution in [0.15, 0.2) is 60.8 Å². The van der Waals surface area contributed by atoms with Gasteiger partial charge in [0, 0.05) is 5.39 Å². The molecule has 2 aromatic carbocycles. The maximum atomic E-state index is 12.6. The van der Waals surface area contributed by atoms with E-state index in [0.717, 1.165) is 23.0 Å². The van der Waals surface area contributed by atoms with Crippen molar-refractivity contribution in [1.82, 2.24) is 4.98 Å². The Kier molecular flexibility index (Phi) is 4.90. The second-order valence-corrected chi connectivity index (χ2v) is 5.91. The summed E-state index contributed by atoms with van der Waals surface area (Å²) in [5.41, 5.74) is 7.01. The van der Waals surface area contributed by atoms with Crippen molar-refractivity contribution in [2.75, 3.05) is 5.32 Å². The molecule has 0 radical (unpaired) electrons. The molecule has 3 N–H and O–H groups in total. The molecule has 1 amide bonds. The molecule has 26 heavy (non-hydrogen) atoms. The third-order valence-corrected chi connectivity index (χ3v) is 3.93. The molecule has 3 aromatic rings. The molecule has 1 unspecified atom stereocenters. The van der Waals surface area contributed by atoms with Crippen LogP contribution in [0.25, 0.3) is 10.9 Å². The topological polar surface area (TPSA) is 68.0 Å². The number of rotatable bonds is 4.